The van der Waals surface area contributed by atoms with Crippen LogP contribution in [0.3, 0.4) is 0 Å². The monoisotopic (exact) mass is 389 g/mol. The summed E-state index contributed by atoms with van der Waals surface area (Å²) in [6.07, 6.45) is 6.04. The first-order valence-electron chi connectivity index (χ1n) is 10.3. The Kier molecular flexibility index (Phi) is 5.17. The van der Waals surface area contributed by atoms with Crippen molar-refractivity contribution in [3.63, 3.8) is 0 Å². The lowest BCUT2D eigenvalue weighted by Crippen LogP contribution is -2.48. The first-order chi connectivity index (χ1) is 13.5. The van der Waals surface area contributed by atoms with Crippen molar-refractivity contribution < 1.29 is 19.1 Å². The summed E-state index contributed by atoms with van der Waals surface area (Å²) >= 11 is 0. The van der Waals surface area contributed by atoms with E-state index in [-0.39, 0.29) is 17.8 Å². The Bertz CT molecular complexity index is 751. The molecule has 3 aliphatic rings. The van der Waals surface area contributed by atoms with E-state index in [4.69, 9.17) is 5.11 Å². The van der Waals surface area contributed by atoms with Gasteiger partial charge in [0.2, 0.25) is 5.91 Å². The highest BCUT2D eigenvalue weighted by atomic mass is 19.1. The number of carboxylic acid groups (broad SMARTS) is 1. The molecule has 1 heterocycles. The van der Waals surface area contributed by atoms with E-state index in [2.05, 4.69) is 5.32 Å². The number of nitrogens with one attached hydrogen (secondary N) is 1. The molecular weight excluding hydrogens is 361 g/mol. The minimum absolute atomic E-state index is 0.0267. The Balaban J connectivity index is 1.44. The van der Waals surface area contributed by atoms with Gasteiger partial charge >= 0.3 is 6.09 Å². The Morgan fingerprint density at radius 2 is 1.75 bits per heavy atom. The molecule has 7 heteroatoms. The van der Waals surface area contributed by atoms with Crippen molar-refractivity contribution >= 4 is 17.7 Å². The molecule has 1 saturated heterocycles. The zero-order valence-electron chi connectivity index (χ0n) is 16.1. The largest absolute Gasteiger partial charge is 0.465 e. The number of amides is 2. The number of carbonyl (C=O) groups excluding carboxylic acids is 1. The van der Waals surface area contributed by atoms with E-state index in [9.17, 15) is 14.0 Å². The predicted molar refractivity (Wildman–Crippen MR) is 104 cm³/mol. The van der Waals surface area contributed by atoms with Gasteiger partial charge in [0.15, 0.2) is 0 Å². The minimum atomic E-state index is -0.916. The number of piperazine rings is 1. The van der Waals surface area contributed by atoms with Crippen molar-refractivity contribution in [2.24, 2.45) is 0 Å². The van der Waals surface area contributed by atoms with Crippen LogP contribution in [0.4, 0.5) is 14.9 Å². The highest BCUT2D eigenvalue weighted by Crippen LogP contribution is 2.50. The average Bonchev–Trinajstić information content (AvgIpc) is 3.50. The number of benzene rings is 1. The van der Waals surface area contributed by atoms with E-state index < -0.39 is 11.5 Å². The van der Waals surface area contributed by atoms with Crippen LogP contribution in [0, 0.1) is 5.82 Å². The van der Waals surface area contributed by atoms with Crippen LogP contribution in [-0.2, 0) is 10.2 Å². The molecule has 2 N–H and O–H groups in total. The van der Waals surface area contributed by atoms with Gasteiger partial charge in [0, 0.05) is 43.5 Å². The third-order valence-corrected chi connectivity index (χ3v) is 6.51. The van der Waals surface area contributed by atoms with Gasteiger partial charge in [0.25, 0.3) is 0 Å². The molecule has 1 aliphatic heterocycles. The summed E-state index contributed by atoms with van der Waals surface area (Å²) in [7, 11) is 0. The number of halogens is 1. The number of nitrogens with zero attached hydrogens (tertiary/aromatic N) is 2. The lowest BCUT2D eigenvalue weighted by molar-refractivity contribution is -0.124. The summed E-state index contributed by atoms with van der Waals surface area (Å²) in [6.45, 7) is 1.90. The quantitative estimate of drug-likeness (QED) is 0.830. The van der Waals surface area contributed by atoms with Crippen LogP contribution < -0.4 is 10.2 Å². The Hall–Kier alpha value is -2.31. The second-order valence-corrected chi connectivity index (χ2v) is 8.31. The molecule has 2 aliphatic carbocycles. The number of anilines is 1. The van der Waals surface area contributed by atoms with E-state index in [1.54, 1.807) is 6.07 Å². The summed E-state index contributed by atoms with van der Waals surface area (Å²) in [5.74, 6) is -0.365. The van der Waals surface area contributed by atoms with Gasteiger partial charge in [-0.2, -0.15) is 0 Å². The zero-order valence-corrected chi connectivity index (χ0v) is 16.1. The van der Waals surface area contributed by atoms with Crippen LogP contribution in [0.2, 0.25) is 0 Å². The molecule has 28 heavy (non-hydrogen) atoms. The first-order valence-corrected chi connectivity index (χ1v) is 10.3. The van der Waals surface area contributed by atoms with Gasteiger partial charge in [-0.15, -0.1) is 0 Å². The molecular formula is C21H28FN3O3. The van der Waals surface area contributed by atoms with Crippen molar-refractivity contribution in [3.8, 4) is 0 Å². The van der Waals surface area contributed by atoms with Crippen LogP contribution in [0.5, 0.6) is 0 Å². The highest BCUT2D eigenvalue weighted by Gasteiger charge is 2.53. The predicted octanol–water partition coefficient (Wildman–Crippen LogP) is 3.11. The average molecular weight is 389 g/mol. The Morgan fingerprint density at radius 3 is 2.32 bits per heavy atom. The van der Waals surface area contributed by atoms with Crippen LogP contribution in [0.1, 0.15) is 50.5 Å². The maximum absolute atomic E-state index is 15.0. The van der Waals surface area contributed by atoms with Gasteiger partial charge < -0.3 is 20.2 Å². The molecule has 0 bridgehead atoms. The van der Waals surface area contributed by atoms with E-state index in [0.29, 0.717) is 44.6 Å². The van der Waals surface area contributed by atoms with Crippen molar-refractivity contribution in [1.29, 1.82) is 0 Å². The molecule has 2 amide bonds. The SMILES string of the molecule is O=C(O)N1CCN(c2ccc(C3(C(=O)NC4CCCCC4)CC3)c(F)c2)CC1. The molecule has 152 valence electrons. The number of hydrogen-bond donors (Lipinski definition) is 2. The molecule has 1 aromatic carbocycles. The molecule has 0 spiro atoms. The molecule has 1 aromatic rings. The summed E-state index contributed by atoms with van der Waals surface area (Å²) in [5.41, 5.74) is 0.533. The topological polar surface area (TPSA) is 72.9 Å². The minimum Gasteiger partial charge on any atom is -0.465 e. The smallest absolute Gasteiger partial charge is 0.407 e. The lowest BCUT2D eigenvalue weighted by Gasteiger charge is -2.34. The maximum Gasteiger partial charge on any atom is 0.407 e. The summed E-state index contributed by atoms with van der Waals surface area (Å²) < 4.78 is 15.0. The fourth-order valence-corrected chi connectivity index (χ4v) is 4.56. The molecule has 0 radical (unpaired) electrons. The van der Waals surface area contributed by atoms with Crippen molar-refractivity contribution in [2.75, 3.05) is 31.1 Å². The first kappa shape index (κ1) is 19.0. The van der Waals surface area contributed by atoms with Gasteiger partial charge in [0.1, 0.15) is 5.82 Å². The molecule has 4 rings (SSSR count). The van der Waals surface area contributed by atoms with Gasteiger partial charge in [-0.25, -0.2) is 9.18 Å². The van der Waals surface area contributed by atoms with Crippen molar-refractivity contribution in [2.45, 2.75) is 56.4 Å². The highest BCUT2D eigenvalue weighted by molar-refractivity contribution is 5.91. The molecule has 6 nitrogen and oxygen atoms in total. The second kappa shape index (κ2) is 7.60. The normalized spacial score (nSPS) is 22.0. The van der Waals surface area contributed by atoms with Crippen LogP contribution >= 0.6 is 0 Å². The fraction of sp³-hybridized carbons (Fsp3) is 0.619. The Morgan fingerprint density at radius 1 is 1.07 bits per heavy atom. The van der Waals surface area contributed by atoms with E-state index in [1.165, 1.54) is 17.4 Å². The van der Waals surface area contributed by atoms with E-state index in [0.717, 1.165) is 31.4 Å². The third-order valence-electron chi connectivity index (χ3n) is 6.51. The number of hydrogen-bond acceptors (Lipinski definition) is 3. The van der Waals surface area contributed by atoms with Crippen LogP contribution in [0.25, 0.3) is 0 Å². The maximum atomic E-state index is 15.0. The van der Waals surface area contributed by atoms with E-state index in [1.807, 2.05) is 11.0 Å². The zero-order chi connectivity index (χ0) is 19.7. The molecule has 3 fully saturated rings. The summed E-state index contributed by atoms with van der Waals surface area (Å²) in [4.78, 5) is 27.3. The van der Waals surface area contributed by atoms with E-state index >= 15 is 0 Å². The van der Waals surface area contributed by atoms with Crippen LogP contribution in [-0.4, -0.2) is 54.2 Å². The lowest BCUT2D eigenvalue weighted by atomic mass is 9.91. The molecule has 0 atom stereocenters. The van der Waals surface area contributed by atoms with Crippen LogP contribution in [0.15, 0.2) is 18.2 Å². The van der Waals surface area contributed by atoms with Gasteiger partial charge in [-0.3, -0.25) is 4.79 Å². The second-order valence-electron chi connectivity index (χ2n) is 8.31. The summed E-state index contributed by atoms with van der Waals surface area (Å²) in [6, 6.07) is 5.34. The number of rotatable bonds is 4. The van der Waals surface area contributed by atoms with Crippen molar-refractivity contribution in [1.82, 2.24) is 10.2 Å². The Labute approximate surface area is 164 Å². The van der Waals surface area contributed by atoms with Crippen molar-refractivity contribution in [3.05, 3.63) is 29.6 Å². The third kappa shape index (κ3) is 3.66. The molecule has 0 aromatic heterocycles. The van der Waals surface area contributed by atoms with Gasteiger partial charge in [-0.05, 0) is 37.8 Å². The standard InChI is InChI=1S/C21H28FN3O3/c22-18-14-16(24-10-12-25(13-11-24)20(27)28)6-7-17(18)21(8-9-21)19(26)23-15-4-2-1-3-5-15/h6-7,14-15H,1-5,8-13H2,(H,23,26)(H,27,28). The van der Waals surface area contributed by atoms with Gasteiger partial charge in [-0.1, -0.05) is 25.3 Å². The summed E-state index contributed by atoms with van der Waals surface area (Å²) in [5, 5.41) is 12.2. The van der Waals surface area contributed by atoms with Gasteiger partial charge in [0.05, 0.1) is 5.41 Å². The number of carbonyl (C=O) groups is 2. The molecule has 2 saturated carbocycles. The molecule has 0 unspecified atom stereocenters. The fourth-order valence-electron chi connectivity index (χ4n) is 4.56.